The van der Waals surface area contributed by atoms with Crippen LogP contribution in [0.25, 0.3) is 11.3 Å². The molecule has 2 heterocycles. The molecule has 1 unspecified atom stereocenters. The van der Waals surface area contributed by atoms with E-state index in [4.69, 9.17) is 4.74 Å². The summed E-state index contributed by atoms with van der Waals surface area (Å²) in [6, 6.07) is 4.50. The van der Waals surface area contributed by atoms with Gasteiger partial charge in [-0.3, -0.25) is 9.59 Å². The molecule has 0 spiro atoms. The van der Waals surface area contributed by atoms with Gasteiger partial charge in [-0.05, 0) is 49.8 Å². The summed E-state index contributed by atoms with van der Waals surface area (Å²) in [5.41, 5.74) is 1.06. The van der Waals surface area contributed by atoms with E-state index in [0.29, 0.717) is 34.6 Å². The Morgan fingerprint density at radius 2 is 2.07 bits per heavy atom. The largest absolute Gasteiger partial charge is 0.496 e. The van der Waals surface area contributed by atoms with E-state index in [1.165, 1.54) is 30.6 Å². The Hall–Kier alpha value is -2.48. The molecule has 1 aliphatic heterocycles. The normalized spacial score (nSPS) is 24.2. The van der Waals surface area contributed by atoms with Gasteiger partial charge in [-0.2, -0.15) is 0 Å². The zero-order valence-electron chi connectivity index (χ0n) is 17.2. The van der Waals surface area contributed by atoms with Crippen molar-refractivity contribution in [3.63, 3.8) is 0 Å². The van der Waals surface area contributed by atoms with E-state index in [1.54, 1.807) is 11.4 Å². The quantitative estimate of drug-likeness (QED) is 0.765. The van der Waals surface area contributed by atoms with Gasteiger partial charge in [-0.25, -0.2) is 9.37 Å². The molecular formula is C22H26FN3O3S. The van der Waals surface area contributed by atoms with Gasteiger partial charge in [0.05, 0.1) is 18.7 Å². The predicted molar refractivity (Wildman–Crippen MR) is 114 cm³/mol. The van der Waals surface area contributed by atoms with E-state index in [9.17, 15) is 14.0 Å². The number of ether oxygens (including phenoxy) is 1. The average molecular weight is 432 g/mol. The minimum Gasteiger partial charge on any atom is -0.496 e. The fourth-order valence-electron chi connectivity index (χ4n) is 4.36. The molecule has 1 saturated carbocycles. The van der Waals surface area contributed by atoms with Crippen molar-refractivity contribution in [2.45, 2.75) is 45.1 Å². The van der Waals surface area contributed by atoms with Gasteiger partial charge in [0.1, 0.15) is 11.6 Å². The second kappa shape index (κ2) is 8.71. The van der Waals surface area contributed by atoms with Gasteiger partial charge in [-0.15, -0.1) is 11.3 Å². The monoisotopic (exact) mass is 431 g/mol. The van der Waals surface area contributed by atoms with Crippen LogP contribution in [0.2, 0.25) is 0 Å². The molecule has 30 heavy (non-hydrogen) atoms. The van der Waals surface area contributed by atoms with E-state index in [0.717, 1.165) is 25.7 Å². The molecule has 1 atom stereocenters. The number of halogens is 1. The highest BCUT2D eigenvalue weighted by Crippen LogP contribution is 2.34. The lowest BCUT2D eigenvalue weighted by atomic mass is 9.87. The lowest BCUT2D eigenvalue weighted by molar-refractivity contribution is -0.130. The van der Waals surface area contributed by atoms with Crippen molar-refractivity contribution in [1.82, 2.24) is 9.88 Å². The summed E-state index contributed by atoms with van der Waals surface area (Å²) in [6.45, 7) is 2.72. The van der Waals surface area contributed by atoms with Crippen LogP contribution in [0.3, 0.4) is 0 Å². The van der Waals surface area contributed by atoms with Gasteiger partial charge in [0.25, 0.3) is 0 Å². The van der Waals surface area contributed by atoms with E-state index >= 15 is 0 Å². The molecule has 0 radical (unpaired) electrons. The van der Waals surface area contributed by atoms with Gasteiger partial charge in [-0.1, -0.05) is 6.92 Å². The number of methoxy groups -OCH3 is 1. The molecule has 1 saturated heterocycles. The number of hydrogen-bond acceptors (Lipinski definition) is 5. The zero-order valence-corrected chi connectivity index (χ0v) is 18.0. The fourth-order valence-corrected chi connectivity index (χ4v) is 5.07. The summed E-state index contributed by atoms with van der Waals surface area (Å²) < 4.78 is 18.9. The van der Waals surface area contributed by atoms with E-state index in [1.807, 2.05) is 4.90 Å². The molecule has 160 valence electrons. The van der Waals surface area contributed by atoms with E-state index in [2.05, 4.69) is 17.2 Å². The number of carbonyl (C=O) groups is 2. The number of likely N-dealkylation sites (tertiary alicyclic amines) is 1. The first-order chi connectivity index (χ1) is 14.4. The molecule has 2 aromatic rings. The second-order valence-corrected chi connectivity index (χ2v) is 9.09. The van der Waals surface area contributed by atoms with Gasteiger partial charge in [0.2, 0.25) is 11.8 Å². The van der Waals surface area contributed by atoms with Crippen molar-refractivity contribution in [1.29, 1.82) is 0 Å². The lowest BCUT2D eigenvalue weighted by Gasteiger charge is -2.33. The number of hydrogen-bond donors (Lipinski definition) is 1. The number of thiazole rings is 1. The number of amides is 2. The SMILES string of the molecule is COc1ccc(F)cc1-c1csc(NC(=O)C2CC(=O)N(C3CCC(C)CC3)C2)n1. The Labute approximate surface area is 179 Å². The summed E-state index contributed by atoms with van der Waals surface area (Å²) in [6.07, 6.45) is 4.56. The first-order valence-corrected chi connectivity index (χ1v) is 11.2. The highest BCUT2D eigenvalue weighted by atomic mass is 32.1. The van der Waals surface area contributed by atoms with Crippen LogP contribution in [0.15, 0.2) is 23.6 Å². The van der Waals surface area contributed by atoms with Crippen molar-refractivity contribution < 1.29 is 18.7 Å². The van der Waals surface area contributed by atoms with Crippen LogP contribution in [-0.4, -0.2) is 41.4 Å². The standard InChI is InChI=1S/C22H26FN3O3S/c1-13-3-6-16(7-4-13)26-11-14(9-20(26)27)21(28)25-22-24-18(12-30-22)17-10-15(23)5-8-19(17)29-2/h5,8,10,12-14,16H,3-4,6-7,9,11H2,1-2H3,(H,24,25,28). The number of benzene rings is 1. The van der Waals surface area contributed by atoms with Crippen molar-refractivity contribution in [3.05, 3.63) is 29.4 Å². The molecule has 1 N–H and O–H groups in total. The highest BCUT2D eigenvalue weighted by Gasteiger charge is 2.38. The molecule has 1 aromatic heterocycles. The summed E-state index contributed by atoms with van der Waals surface area (Å²) >= 11 is 1.27. The summed E-state index contributed by atoms with van der Waals surface area (Å²) in [7, 11) is 1.52. The first kappa shape index (κ1) is 20.8. The lowest BCUT2D eigenvalue weighted by Crippen LogP contribution is -2.39. The molecule has 6 nitrogen and oxygen atoms in total. The maximum atomic E-state index is 13.7. The van der Waals surface area contributed by atoms with Crippen LogP contribution in [0, 0.1) is 17.7 Å². The Morgan fingerprint density at radius 1 is 1.30 bits per heavy atom. The third-order valence-corrected chi connectivity index (χ3v) is 6.88. The Morgan fingerprint density at radius 3 is 2.80 bits per heavy atom. The van der Waals surface area contributed by atoms with Gasteiger partial charge in [0.15, 0.2) is 5.13 Å². The van der Waals surface area contributed by atoms with Gasteiger partial charge >= 0.3 is 0 Å². The van der Waals surface area contributed by atoms with Crippen LogP contribution in [0.4, 0.5) is 9.52 Å². The topological polar surface area (TPSA) is 71.5 Å². The first-order valence-electron chi connectivity index (χ1n) is 10.3. The molecule has 2 amide bonds. The fraction of sp³-hybridized carbons (Fsp3) is 0.500. The molecule has 1 aliphatic carbocycles. The number of nitrogens with zero attached hydrogens (tertiary/aromatic N) is 2. The van der Waals surface area contributed by atoms with Crippen molar-refractivity contribution in [3.8, 4) is 17.0 Å². The van der Waals surface area contributed by atoms with Crippen LogP contribution in [-0.2, 0) is 9.59 Å². The van der Waals surface area contributed by atoms with Gasteiger partial charge in [0, 0.05) is 30.0 Å². The third-order valence-electron chi connectivity index (χ3n) is 6.13. The van der Waals surface area contributed by atoms with Crippen molar-refractivity contribution >= 4 is 28.3 Å². The number of rotatable bonds is 5. The zero-order chi connectivity index (χ0) is 21.3. The number of anilines is 1. The molecular weight excluding hydrogens is 405 g/mol. The molecule has 1 aromatic carbocycles. The highest BCUT2D eigenvalue weighted by molar-refractivity contribution is 7.14. The summed E-state index contributed by atoms with van der Waals surface area (Å²) in [4.78, 5) is 31.6. The van der Waals surface area contributed by atoms with Crippen LogP contribution in [0.1, 0.15) is 39.0 Å². The number of carbonyl (C=O) groups excluding carboxylic acids is 2. The number of nitrogens with one attached hydrogen (secondary N) is 1. The Balaban J connectivity index is 1.40. The minimum atomic E-state index is -0.383. The molecule has 0 bridgehead atoms. The van der Waals surface area contributed by atoms with Gasteiger partial charge < -0.3 is 15.0 Å². The Kier molecular flexibility index (Phi) is 6.04. The van der Waals surface area contributed by atoms with Crippen LogP contribution < -0.4 is 10.1 Å². The molecule has 4 rings (SSSR count). The second-order valence-electron chi connectivity index (χ2n) is 8.23. The predicted octanol–water partition coefficient (Wildman–Crippen LogP) is 4.32. The van der Waals surface area contributed by atoms with E-state index < -0.39 is 0 Å². The van der Waals surface area contributed by atoms with Crippen molar-refractivity contribution in [2.24, 2.45) is 11.8 Å². The smallest absolute Gasteiger partial charge is 0.231 e. The summed E-state index contributed by atoms with van der Waals surface area (Å²) in [5.74, 6) is 0.354. The maximum Gasteiger partial charge on any atom is 0.231 e. The number of aromatic nitrogens is 1. The Bertz CT molecular complexity index is 939. The van der Waals surface area contributed by atoms with Crippen LogP contribution in [0.5, 0.6) is 5.75 Å². The maximum absolute atomic E-state index is 13.7. The molecule has 8 heteroatoms. The average Bonchev–Trinajstić information content (AvgIpc) is 3.35. The third kappa shape index (κ3) is 4.33. The van der Waals surface area contributed by atoms with E-state index in [-0.39, 0.29) is 36.0 Å². The molecule has 2 fully saturated rings. The summed E-state index contributed by atoms with van der Waals surface area (Å²) in [5, 5.41) is 5.01. The molecule has 2 aliphatic rings. The minimum absolute atomic E-state index is 0.0685. The van der Waals surface area contributed by atoms with Crippen LogP contribution >= 0.6 is 11.3 Å². The van der Waals surface area contributed by atoms with Crippen molar-refractivity contribution in [2.75, 3.05) is 19.0 Å².